The van der Waals surface area contributed by atoms with Crippen LogP contribution in [-0.2, 0) is 4.79 Å². The predicted molar refractivity (Wildman–Crippen MR) is 162 cm³/mol. The number of allylic oxidation sites excluding steroid dienone is 2. The van der Waals surface area contributed by atoms with E-state index in [9.17, 15) is 4.79 Å². The summed E-state index contributed by atoms with van der Waals surface area (Å²) in [6, 6.07) is 26.9. The number of nitrogens with zero attached hydrogens (tertiary/aromatic N) is 5. The van der Waals surface area contributed by atoms with Crippen molar-refractivity contribution in [1.82, 2.24) is 14.7 Å². The van der Waals surface area contributed by atoms with E-state index in [1.54, 1.807) is 0 Å². The fourth-order valence-corrected chi connectivity index (χ4v) is 5.79. The second kappa shape index (κ2) is 11.0. The number of anilines is 1. The Hall–Kier alpha value is -4.36. The molecule has 2 N–H and O–H groups in total. The fourth-order valence-electron chi connectivity index (χ4n) is 5.79. The molecule has 40 heavy (non-hydrogen) atoms. The van der Waals surface area contributed by atoms with Gasteiger partial charge in [0.15, 0.2) is 0 Å². The molecule has 0 aliphatic carbocycles. The average Bonchev–Trinajstić information content (AvgIpc) is 3.00. The van der Waals surface area contributed by atoms with Gasteiger partial charge in [0.1, 0.15) is 12.1 Å². The van der Waals surface area contributed by atoms with E-state index in [4.69, 9.17) is 10.7 Å². The highest BCUT2D eigenvalue weighted by Gasteiger charge is 2.40. The van der Waals surface area contributed by atoms with E-state index in [-0.39, 0.29) is 11.9 Å². The van der Waals surface area contributed by atoms with Crippen molar-refractivity contribution in [3.8, 4) is 11.1 Å². The van der Waals surface area contributed by atoms with Crippen molar-refractivity contribution in [2.24, 2.45) is 10.7 Å². The number of carbonyl (C=O) groups excluding carboxylic acids is 1. The van der Waals surface area contributed by atoms with E-state index < -0.39 is 6.04 Å². The summed E-state index contributed by atoms with van der Waals surface area (Å²) < 4.78 is 0. The Morgan fingerprint density at radius 1 is 0.900 bits per heavy atom. The van der Waals surface area contributed by atoms with E-state index in [2.05, 4.69) is 112 Å². The second-order valence-corrected chi connectivity index (χ2v) is 10.7. The maximum Gasteiger partial charge on any atom is 0.239 e. The molecule has 1 fully saturated rings. The number of carbonyl (C=O) groups is 1. The molecule has 204 valence electrons. The molecule has 3 aromatic rings. The Labute approximate surface area is 236 Å². The quantitative estimate of drug-likeness (QED) is 0.512. The van der Waals surface area contributed by atoms with Gasteiger partial charge in [-0.05, 0) is 49.4 Å². The van der Waals surface area contributed by atoms with Crippen molar-refractivity contribution in [2.45, 2.75) is 19.0 Å². The number of guanidine groups is 1. The zero-order valence-electron chi connectivity index (χ0n) is 23.1. The molecule has 3 aromatic carbocycles. The number of hydrogen-bond acceptors (Lipinski definition) is 6. The third-order valence-corrected chi connectivity index (χ3v) is 8.16. The Bertz CT molecular complexity index is 1450. The van der Waals surface area contributed by atoms with Crippen molar-refractivity contribution in [1.29, 1.82) is 0 Å². The molecule has 0 aromatic heterocycles. The summed E-state index contributed by atoms with van der Waals surface area (Å²) in [6.07, 6.45) is 6.29. The Morgan fingerprint density at radius 3 is 2.30 bits per heavy atom. The van der Waals surface area contributed by atoms with Crippen molar-refractivity contribution in [3.63, 3.8) is 0 Å². The number of para-hydroxylation sites is 1. The summed E-state index contributed by atoms with van der Waals surface area (Å²) in [5.41, 5.74) is 12.4. The van der Waals surface area contributed by atoms with Crippen LogP contribution in [0, 0.1) is 0 Å². The number of hydrogen-bond donors (Lipinski definition) is 1. The van der Waals surface area contributed by atoms with Crippen LogP contribution in [0.5, 0.6) is 0 Å². The van der Waals surface area contributed by atoms with E-state index >= 15 is 0 Å². The van der Waals surface area contributed by atoms with Gasteiger partial charge in [0.2, 0.25) is 11.9 Å². The molecule has 0 bridgehead atoms. The van der Waals surface area contributed by atoms with Crippen molar-refractivity contribution in [2.75, 3.05) is 44.7 Å². The van der Waals surface area contributed by atoms with Crippen molar-refractivity contribution < 1.29 is 4.79 Å². The van der Waals surface area contributed by atoms with Gasteiger partial charge >= 0.3 is 0 Å². The third-order valence-electron chi connectivity index (χ3n) is 8.16. The smallest absolute Gasteiger partial charge is 0.239 e. The van der Waals surface area contributed by atoms with Gasteiger partial charge in [-0.15, -0.1) is 0 Å². The minimum Gasteiger partial charge on any atom is -0.368 e. The summed E-state index contributed by atoms with van der Waals surface area (Å²) in [4.78, 5) is 26.9. The van der Waals surface area contributed by atoms with E-state index in [0.717, 1.165) is 54.8 Å². The van der Waals surface area contributed by atoms with Gasteiger partial charge in [-0.2, -0.15) is 0 Å². The zero-order chi connectivity index (χ0) is 27.6. The SMILES string of the molecule is CC(C(N)=O)N1CC=CC=C1C1c2ccccc2N=C(N2CCN(C)CC2)N1c1ccc(-c2ccccc2)cc1. The molecule has 6 rings (SSSR count). The molecule has 2 atom stereocenters. The van der Waals surface area contributed by atoms with Crippen LogP contribution in [0.3, 0.4) is 0 Å². The molecule has 1 saturated heterocycles. The number of aliphatic imine (C=N–C) groups is 1. The lowest BCUT2D eigenvalue weighted by atomic mass is 9.94. The number of rotatable bonds is 5. The van der Waals surface area contributed by atoms with Crippen LogP contribution in [0.15, 0.2) is 108 Å². The van der Waals surface area contributed by atoms with Gasteiger partial charge < -0.3 is 20.4 Å². The first-order valence-corrected chi connectivity index (χ1v) is 14.0. The van der Waals surface area contributed by atoms with E-state index in [1.165, 1.54) is 11.1 Å². The lowest BCUT2D eigenvalue weighted by molar-refractivity contribution is -0.122. The van der Waals surface area contributed by atoms with Crippen LogP contribution in [-0.4, -0.2) is 72.4 Å². The molecule has 0 radical (unpaired) electrons. The zero-order valence-corrected chi connectivity index (χ0v) is 23.1. The molecule has 7 heteroatoms. The molecule has 1 amide bonds. The molecule has 3 aliphatic rings. The summed E-state index contributed by atoms with van der Waals surface area (Å²) >= 11 is 0. The predicted octanol–water partition coefficient (Wildman–Crippen LogP) is 4.78. The minimum absolute atomic E-state index is 0.183. The van der Waals surface area contributed by atoms with E-state index in [1.807, 2.05) is 19.1 Å². The summed E-state index contributed by atoms with van der Waals surface area (Å²) in [6.45, 7) is 6.24. The summed E-state index contributed by atoms with van der Waals surface area (Å²) in [7, 11) is 2.17. The lowest BCUT2D eigenvalue weighted by Crippen LogP contribution is -2.56. The van der Waals surface area contributed by atoms with Crippen LogP contribution in [0.1, 0.15) is 18.5 Å². The Morgan fingerprint density at radius 2 is 1.57 bits per heavy atom. The average molecular weight is 533 g/mol. The Balaban J connectivity index is 1.50. The first-order chi connectivity index (χ1) is 19.5. The first kappa shape index (κ1) is 25.9. The standard InChI is InChI=1S/C33H36N6O/c1-24(32(34)40)38-19-9-8-14-30(38)31-28-12-6-7-13-29(28)35-33(37-22-20-36(2)21-23-37)39(31)27-17-15-26(16-18-27)25-10-4-3-5-11-25/h3-18,24,31H,19-23H2,1-2H3,(H2,34,40). The van der Waals surface area contributed by atoms with Crippen molar-refractivity contribution in [3.05, 3.63) is 108 Å². The van der Waals surface area contributed by atoms with Gasteiger partial charge in [0, 0.05) is 49.7 Å². The maximum atomic E-state index is 12.4. The van der Waals surface area contributed by atoms with Crippen LogP contribution < -0.4 is 10.6 Å². The van der Waals surface area contributed by atoms with Crippen LogP contribution >= 0.6 is 0 Å². The monoisotopic (exact) mass is 532 g/mol. The van der Waals surface area contributed by atoms with Gasteiger partial charge in [-0.25, -0.2) is 4.99 Å². The topological polar surface area (TPSA) is 68.4 Å². The molecule has 0 saturated carbocycles. The largest absolute Gasteiger partial charge is 0.368 e. The maximum absolute atomic E-state index is 12.4. The Kier molecular flexibility index (Phi) is 7.13. The van der Waals surface area contributed by atoms with Crippen LogP contribution in [0.25, 0.3) is 11.1 Å². The number of nitrogens with two attached hydrogens (primary N) is 1. The number of primary amides is 1. The first-order valence-electron chi connectivity index (χ1n) is 14.0. The second-order valence-electron chi connectivity index (χ2n) is 10.7. The van der Waals surface area contributed by atoms with E-state index in [0.29, 0.717) is 6.54 Å². The van der Waals surface area contributed by atoms with Crippen LogP contribution in [0.4, 0.5) is 11.4 Å². The number of piperazine rings is 1. The third kappa shape index (κ3) is 4.89. The number of likely N-dealkylation sites (N-methyl/N-ethyl adjacent to an activating group) is 1. The van der Waals surface area contributed by atoms with Gasteiger partial charge in [0.05, 0.1) is 5.69 Å². The molecular weight excluding hydrogens is 496 g/mol. The van der Waals surface area contributed by atoms with Gasteiger partial charge in [-0.3, -0.25) is 9.69 Å². The molecule has 2 unspecified atom stereocenters. The molecule has 0 spiro atoms. The highest BCUT2D eigenvalue weighted by molar-refractivity contribution is 6.01. The highest BCUT2D eigenvalue weighted by Crippen LogP contribution is 2.44. The lowest BCUT2D eigenvalue weighted by Gasteiger charge is -2.47. The summed E-state index contributed by atoms with van der Waals surface area (Å²) in [5.74, 6) is 0.600. The minimum atomic E-state index is -0.448. The summed E-state index contributed by atoms with van der Waals surface area (Å²) in [5, 5.41) is 0. The molecular formula is C33H36N6O. The number of amides is 1. The van der Waals surface area contributed by atoms with Gasteiger partial charge in [0.25, 0.3) is 0 Å². The molecule has 7 nitrogen and oxygen atoms in total. The van der Waals surface area contributed by atoms with Crippen molar-refractivity contribution >= 4 is 23.2 Å². The molecule has 3 heterocycles. The normalized spacial score (nSPS) is 20.1. The highest BCUT2D eigenvalue weighted by atomic mass is 16.1. The fraction of sp³-hybridized carbons (Fsp3) is 0.273. The number of benzene rings is 3. The number of fused-ring (bicyclic) bond motifs is 1. The van der Waals surface area contributed by atoms with Gasteiger partial charge in [-0.1, -0.05) is 72.8 Å². The van der Waals surface area contributed by atoms with Crippen LogP contribution in [0.2, 0.25) is 0 Å². The molecule has 3 aliphatic heterocycles.